The first kappa shape index (κ1) is 11.1. The molecule has 2 fully saturated rings. The van der Waals surface area contributed by atoms with Gasteiger partial charge < -0.3 is 0 Å². The van der Waals surface area contributed by atoms with Gasteiger partial charge in [-0.3, -0.25) is 4.79 Å². The molecule has 86 valence electrons. The minimum absolute atomic E-state index is 0.162. The average molecular weight is 230 g/mol. The number of hydrogen-bond acceptors (Lipinski definition) is 3. The smallest absolute Gasteiger partial charge is 0.157 e. The van der Waals surface area contributed by atoms with Crippen molar-refractivity contribution < 1.29 is 13.2 Å². The van der Waals surface area contributed by atoms with Crippen molar-refractivity contribution >= 4 is 15.6 Å². The van der Waals surface area contributed by atoms with Crippen molar-refractivity contribution in [2.45, 2.75) is 56.5 Å². The van der Waals surface area contributed by atoms with Crippen molar-refractivity contribution in [1.82, 2.24) is 0 Å². The maximum atomic E-state index is 12.1. The second-order valence-corrected chi connectivity index (χ2v) is 7.73. The maximum absolute atomic E-state index is 12.1. The molecule has 0 aromatic carbocycles. The monoisotopic (exact) mass is 230 g/mol. The van der Waals surface area contributed by atoms with E-state index in [1.54, 1.807) is 6.92 Å². The Bertz CT molecular complexity index is 385. The predicted octanol–water partition coefficient (Wildman–Crippen LogP) is 1.71. The molecular formula is C11H18O3S. The summed E-state index contributed by atoms with van der Waals surface area (Å²) in [6, 6.07) is 0. The summed E-state index contributed by atoms with van der Waals surface area (Å²) in [6.07, 6.45) is 3.58. The highest BCUT2D eigenvalue weighted by Crippen LogP contribution is 2.46. The van der Waals surface area contributed by atoms with Gasteiger partial charge >= 0.3 is 0 Å². The minimum Gasteiger partial charge on any atom is -0.299 e. The Morgan fingerprint density at radius 3 is 2.67 bits per heavy atom. The van der Waals surface area contributed by atoms with E-state index < -0.39 is 25.8 Å². The van der Waals surface area contributed by atoms with Crippen LogP contribution in [0.25, 0.3) is 0 Å². The van der Waals surface area contributed by atoms with Gasteiger partial charge in [0.25, 0.3) is 0 Å². The largest absolute Gasteiger partial charge is 0.299 e. The van der Waals surface area contributed by atoms with E-state index in [2.05, 4.69) is 0 Å². The third-order valence-electron chi connectivity index (χ3n) is 4.19. The SMILES string of the molecule is C[C@@H]1CC(=O)[C@]2(C)CCCC[C@H]2S1(=O)=O. The second kappa shape index (κ2) is 3.30. The Kier molecular flexibility index (Phi) is 2.45. The van der Waals surface area contributed by atoms with Gasteiger partial charge in [-0.2, -0.15) is 0 Å². The second-order valence-electron chi connectivity index (χ2n) is 5.18. The Labute approximate surface area is 91.2 Å². The van der Waals surface area contributed by atoms with Gasteiger partial charge in [0, 0.05) is 11.8 Å². The first-order valence-electron chi connectivity index (χ1n) is 5.65. The average Bonchev–Trinajstić information content (AvgIpc) is 2.16. The zero-order valence-corrected chi connectivity index (χ0v) is 10.1. The zero-order valence-electron chi connectivity index (χ0n) is 9.32. The van der Waals surface area contributed by atoms with Gasteiger partial charge in [-0.25, -0.2) is 8.42 Å². The van der Waals surface area contributed by atoms with E-state index >= 15 is 0 Å². The van der Waals surface area contributed by atoms with Crippen LogP contribution in [-0.4, -0.2) is 24.7 Å². The van der Waals surface area contributed by atoms with Gasteiger partial charge in [0.2, 0.25) is 0 Å². The van der Waals surface area contributed by atoms with Crippen molar-refractivity contribution in [3.8, 4) is 0 Å². The van der Waals surface area contributed by atoms with E-state index in [1.807, 2.05) is 6.92 Å². The molecule has 0 aromatic rings. The standard InChI is InChI=1S/C11H18O3S/c1-8-7-9(12)11(2)6-4-3-5-10(11)15(8,13)14/h8,10H,3-7H2,1-2H3/t8-,10-,11+/m1/s1. The Hall–Kier alpha value is -0.380. The molecule has 0 aromatic heterocycles. The molecule has 1 saturated carbocycles. The van der Waals surface area contributed by atoms with Crippen LogP contribution in [0.4, 0.5) is 0 Å². The molecule has 3 atom stereocenters. The van der Waals surface area contributed by atoms with Gasteiger partial charge in [-0.05, 0) is 19.8 Å². The molecule has 15 heavy (non-hydrogen) atoms. The summed E-state index contributed by atoms with van der Waals surface area (Å²) in [5.41, 5.74) is -0.580. The molecule has 0 bridgehead atoms. The predicted molar refractivity (Wildman–Crippen MR) is 58.4 cm³/mol. The van der Waals surface area contributed by atoms with E-state index in [0.717, 1.165) is 19.3 Å². The summed E-state index contributed by atoms with van der Waals surface area (Å²) in [5, 5.41) is -0.879. The molecule has 3 nitrogen and oxygen atoms in total. The molecule has 0 amide bonds. The van der Waals surface area contributed by atoms with Crippen molar-refractivity contribution in [2.75, 3.05) is 0 Å². The van der Waals surface area contributed by atoms with Gasteiger partial charge in [0.1, 0.15) is 5.78 Å². The number of fused-ring (bicyclic) bond motifs is 1. The molecule has 1 saturated heterocycles. The summed E-state index contributed by atoms with van der Waals surface area (Å²) in [7, 11) is -3.07. The molecule has 1 aliphatic carbocycles. The normalized spacial score (nSPS) is 44.8. The van der Waals surface area contributed by atoms with Gasteiger partial charge in [0.15, 0.2) is 9.84 Å². The molecule has 1 aliphatic heterocycles. The third-order valence-corrected chi connectivity index (χ3v) is 7.03. The van der Waals surface area contributed by atoms with Crippen molar-refractivity contribution in [1.29, 1.82) is 0 Å². The Morgan fingerprint density at radius 2 is 2.00 bits per heavy atom. The molecule has 1 heterocycles. The Balaban J connectivity index is 2.46. The fourth-order valence-electron chi connectivity index (χ4n) is 3.04. The van der Waals surface area contributed by atoms with Gasteiger partial charge in [-0.1, -0.05) is 19.8 Å². The lowest BCUT2D eigenvalue weighted by Crippen LogP contribution is -2.54. The molecule has 4 heteroatoms. The first-order valence-corrected chi connectivity index (χ1v) is 7.26. The number of rotatable bonds is 0. The molecule has 0 spiro atoms. The van der Waals surface area contributed by atoms with Crippen LogP contribution >= 0.6 is 0 Å². The van der Waals surface area contributed by atoms with Crippen LogP contribution in [0.1, 0.15) is 46.0 Å². The van der Waals surface area contributed by atoms with Crippen LogP contribution in [0.2, 0.25) is 0 Å². The van der Waals surface area contributed by atoms with Gasteiger partial charge in [0.05, 0.1) is 10.5 Å². The fraction of sp³-hybridized carbons (Fsp3) is 0.909. The van der Waals surface area contributed by atoms with E-state index in [9.17, 15) is 13.2 Å². The summed E-state index contributed by atoms with van der Waals surface area (Å²) < 4.78 is 24.3. The first-order chi connectivity index (χ1) is 6.89. The van der Waals surface area contributed by atoms with Crippen molar-refractivity contribution in [3.05, 3.63) is 0 Å². The van der Waals surface area contributed by atoms with Crippen LogP contribution in [0.15, 0.2) is 0 Å². The van der Waals surface area contributed by atoms with E-state index in [0.29, 0.717) is 6.42 Å². The zero-order chi connectivity index (χ0) is 11.3. The highest BCUT2D eigenvalue weighted by Gasteiger charge is 2.54. The number of ketones is 1. The number of sulfone groups is 1. The highest BCUT2D eigenvalue weighted by atomic mass is 32.2. The molecule has 0 N–H and O–H groups in total. The number of carbonyl (C=O) groups excluding carboxylic acids is 1. The Morgan fingerprint density at radius 1 is 1.33 bits per heavy atom. The van der Waals surface area contributed by atoms with E-state index in [1.165, 1.54) is 0 Å². The van der Waals surface area contributed by atoms with Crippen LogP contribution < -0.4 is 0 Å². The summed E-state index contributed by atoms with van der Waals surface area (Å²) in [5.74, 6) is 0.162. The topological polar surface area (TPSA) is 51.2 Å². The third kappa shape index (κ3) is 1.45. The van der Waals surface area contributed by atoms with Crippen LogP contribution in [0.5, 0.6) is 0 Å². The lowest BCUT2D eigenvalue weighted by atomic mass is 9.71. The van der Waals surface area contributed by atoms with Crippen molar-refractivity contribution in [2.24, 2.45) is 5.41 Å². The number of Topliss-reactive ketones (excluding diaryl/α,β-unsaturated/α-hetero) is 1. The van der Waals surface area contributed by atoms with Crippen LogP contribution in [0, 0.1) is 5.41 Å². The maximum Gasteiger partial charge on any atom is 0.157 e. The molecule has 0 unspecified atom stereocenters. The van der Waals surface area contributed by atoms with Crippen LogP contribution in [-0.2, 0) is 14.6 Å². The lowest BCUT2D eigenvalue weighted by molar-refractivity contribution is -0.130. The summed E-state index contributed by atoms with van der Waals surface area (Å²) in [6.45, 7) is 3.52. The molecular weight excluding hydrogens is 212 g/mol. The summed E-state index contributed by atoms with van der Waals surface area (Å²) >= 11 is 0. The van der Waals surface area contributed by atoms with Crippen LogP contribution in [0.3, 0.4) is 0 Å². The van der Waals surface area contributed by atoms with E-state index in [4.69, 9.17) is 0 Å². The van der Waals surface area contributed by atoms with Crippen molar-refractivity contribution in [3.63, 3.8) is 0 Å². The summed E-state index contributed by atoms with van der Waals surface area (Å²) in [4.78, 5) is 12.0. The number of carbonyl (C=O) groups is 1. The van der Waals surface area contributed by atoms with E-state index in [-0.39, 0.29) is 12.2 Å². The molecule has 2 aliphatic rings. The van der Waals surface area contributed by atoms with Gasteiger partial charge in [-0.15, -0.1) is 0 Å². The highest BCUT2D eigenvalue weighted by molar-refractivity contribution is 7.92. The molecule has 2 rings (SSSR count). The number of hydrogen-bond donors (Lipinski definition) is 0. The fourth-order valence-corrected chi connectivity index (χ4v) is 5.45. The minimum atomic E-state index is -3.07. The molecule has 0 radical (unpaired) electrons. The quantitative estimate of drug-likeness (QED) is 0.636. The lowest BCUT2D eigenvalue weighted by Gasteiger charge is -2.44.